The molecule has 1 amide bonds. The molecule has 3 N–H and O–H groups in total. The van der Waals surface area contributed by atoms with Crippen molar-refractivity contribution < 1.29 is 13.9 Å². The fourth-order valence-corrected chi connectivity index (χ4v) is 3.53. The Bertz CT molecular complexity index is 1180. The number of fused-ring (bicyclic) bond motifs is 1. The van der Waals surface area contributed by atoms with Gasteiger partial charge >= 0.3 is 0 Å². The molecule has 5 rings (SSSR count). The number of amides is 1. The maximum Gasteiger partial charge on any atom is 0.264 e. The van der Waals surface area contributed by atoms with E-state index in [9.17, 15) is 9.18 Å². The molecule has 0 radical (unpaired) electrons. The predicted molar refractivity (Wildman–Crippen MR) is 116 cm³/mol. The lowest BCUT2D eigenvalue weighted by molar-refractivity contribution is -0.118. The third-order valence-corrected chi connectivity index (χ3v) is 5.04. The number of nitrogens with zero attached hydrogens (tertiary/aromatic N) is 1. The molecule has 2 aliphatic rings. The fraction of sp³-hybridized carbons (Fsp3) is 0.0833. The van der Waals surface area contributed by atoms with Crippen molar-refractivity contribution in [2.45, 2.75) is 12.5 Å². The Morgan fingerprint density at radius 1 is 0.903 bits per heavy atom. The molecule has 7 heteroatoms. The van der Waals surface area contributed by atoms with Gasteiger partial charge in [-0.1, -0.05) is 48.5 Å². The third kappa shape index (κ3) is 3.91. The number of ether oxygens (including phenoxy) is 1. The zero-order chi connectivity index (χ0) is 21.2. The van der Waals surface area contributed by atoms with Crippen LogP contribution in [0.5, 0.6) is 0 Å². The first-order chi connectivity index (χ1) is 15.2. The van der Waals surface area contributed by atoms with Crippen LogP contribution in [0.4, 0.5) is 10.1 Å². The quantitative estimate of drug-likeness (QED) is 0.612. The summed E-state index contributed by atoms with van der Waals surface area (Å²) in [6.07, 6.45) is 0.120. The molecule has 0 spiro atoms. The van der Waals surface area contributed by atoms with E-state index in [1.807, 2.05) is 54.6 Å². The molecule has 0 saturated heterocycles. The highest BCUT2D eigenvalue weighted by Gasteiger charge is 2.29. The minimum atomic E-state index is -0.888. The average molecular weight is 414 g/mol. The van der Waals surface area contributed by atoms with Gasteiger partial charge in [0.15, 0.2) is 6.17 Å². The number of rotatable bonds is 4. The lowest BCUT2D eigenvalue weighted by Crippen LogP contribution is -2.49. The van der Waals surface area contributed by atoms with Gasteiger partial charge < -0.3 is 15.4 Å². The standard InChI is InChI=1S/C24H19FN4O2/c25-17-12-10-15(11-13-17)20-14-26-24(31-20)29-22-23(30)27-19-9-5-4-8-18(19)21(28-22)16-6-2-1-3-7-16/h1-14,22,24,26,29H,(H,27,30). The summed E-state index contributed by atoms with van der Waals surface area (Å²) < 4.78 is 19.0. The zero-order valence-corrected chi connectivity index (χ0v) is 16.4. The molecule has 6 nitrogen and oxygen atoms in total. The SMILES string of the molecule is O=C1Nc2ccccc2C(c2ccccc2)=NC1NC1NC=C(c2ccc(F)cc2)O1. The van der Waals surface area contributed by atoms with Gasteiger partial charge in [-0.15, -0.1) is 0 Å². The van der Waals surface area contributed by atoms with Crippen molar-refractivity contribution in [3.05, 3.63) is 108 Å². The maximum atomic E-state index is 13.2. The molecule has 2 heterocycles. The Morgan fingerprint density at radius 3 is 2.45 bits per heavy atom. The van der Waals surface area contributed by atoms with E-state index >= 15 is 0 Å². The van der Waals surface area contributed by atoms with Crippen LogP contribution in [0.25, 0.3) is 5.76 Å². The van der Waals surface area contributed by atoms with Crippen LogP contribution in [0.2, 0.25) is 0 Å². The molecule has 2 aliphatic heterocycles. The van der Waals surface area contributed by atoms with Crippen molar-refractivity contribution in [2.24, 2.45) is 4.99 Å². The van der Waals surface area contributed by atoms with Crippen molar-refractivity contribution in [3.8, 4) is 0 Å². The average Bonchev–Trinajstić information content (AvgIpc) is 3.21. The maximum absolute atomic E-state index is 13.2. The van der Waals surface area contributed by atoms with E-state index in [-0.39, 0.29) is 11.7 Å². The van der Waals surface area contributed by atoms with Crippen LogP contribution in [0, 0.1) is 5.82 Å². The first kappa shape index (κ1) is 19.0. The highest BCUT2D eigenvalue weighted by Crippen LogP contribution is 2.25. The molecule has 0 bridgehead atoms. The topological polar surface area (TPSA) is 74.8 Å². The van der Waals surface area contributed by atoms with Crippen LogP contribution in [0.1, 0.15) is 16.7 Å². The first-order valence-electron chi connectivity index (χ1n) is 9.86. The number of hydrogen-bond donors (Lipinski definition) is 3. The van der Waals surface area contributed by atoms with Gasteiger partial charge in [-0.2, -0.15) is 0 Å². The van der Waals surface area contributed by atoms with E-state index in [1.165, 1.54) is 12.1 Å². The Morgan fingerprint density at radius 2 is 1.65 bits per heavy atom. The van der Waals surface area contributed by atoms with E-state index in [1.54, 1.807) is 18.3 Å². The number of carbonyl (C=O) groups excluding carboxylic acids is 1. The summed E-state index contributed by atoms with van der Waals surface area (Å²) >= 11 is 0. The van der Waals surface area contributed by atoms with Gasteiger partial charge in [0.25, 0.3) is 5.91 Å². The Labute approximate surface area is 178 Å². The highest BCUT2D eigenvalue weighted by molar-refractivity contribution is 6.19. The van der Waals surface area contributed by atoms with E-state index < -0.39 is 12.5 Å². The number of para-hydroxylation sites is 1. The van der Waals surface area contributed by atoms with Crippen LogP contribution >= 0.6 is 0 Å². The van der Waals surface area contributed by atoms with Gasteiger partial charge in [0.1, 0.15) is 11.6 Å². The van der Waals surface area contributed by atoms with Gasteiger partial charge in [-0.25, -0.2) is 9.71 Å². The molecule has 2 atom stereocenters. The molecule has 3 aromatic rings. The van der Waals surface area contributed by atoms with Gasteiger partial charge in [0.2, 0.25) is 6.35 Å². The van der Waals surface area contributed by atoms with E-state index in [0.29, 0.717) is 17.2 Å². The van der Waals surface area contributed by atoms with Gasteiger partial charge in [-0.05, 0) is 30.3 Å². The van der Waals surface area contributed by atoms with Crippen LogP contribution < -0.4 is 16.0 Å². The lowest BCUT2D eigenvalue weighted by Gasteiger charge is -2.19. The van der Waals surface area contributed by atoms with E-state index in [0.717, 1.165) is 16.7 Å². The summed E-state index contributed by atoms with van der Waals surface area (Å²) in [7, 11) is 0. The molecular formula is C24H19FN4O2. The zero-order valence-electron chi connectivity index (χ0n) is 16.4. The van der Waals surface area contributed by atoms with Crippen molar-refractivity contribution in [1.82, 2.24) is 10.6 Å². The monoisotopic (exact) mass is 414 g/mol. The number of nitrogens with one attached hydrogen (secondary N) is 3. The second-order valence-electron chi connectivity index (χ2n) is 7.13. The fourth-order valence-electron chi connectivity index (χ4n) is 3.53. The number of halogens is 1. The number of hydrogen-bond acceptors (Lipinski definition) is 5. The van der Waals surface area contributed by atoms with Crippen LogP contribution in [-0.4, -0.2) is 24.1 Å². The number of benzodiazepines with no additional fused rings is 1. The van der Waals surface area contributed by atoms with E-state index in [4.69, 9.17) is 9.73 Å². The summed E-state index contributed by atoms with van der Waals surface area (Å²) in [5.74, 6) is -0.0662. The number of carbonyl (C=O) groups is 1. The van der Waals surface area contributed by atoms with Gasteiger partial charge in [0, 0.05) is 22.9 Å². The van der Waals surface area contributed by atoms with Crippen molar-refractivity contribution in [2.75, 3.05) is 5.32 Å². The van der Waals surface area contributed by atoms with Crippen molar-refractivity contribution in [3.63, 3.8) is 0 Å². The number of benzene rings is 3. The van der Waals surface area contributed by atoms with Crippen molar-refractivity contribution in [1.29, 1.82) is 0 Å². The van der Waals surface area contributed by atoms with Crippen LogP contribution in [0.3, 0.4) is 0 Å². The van der Waals surface area contributed by atoms with Gasteiger partial charge in [0.05, 0.1) is 11.4 Å². The Hall–Kier alpha value is -3.97. The summed E-state index contributed by atoms with van der Waals surface area (Å²) in [5.41, 5.74) is 3.88. The normalized spacial score (nSPS) is 19.8. The predicted octanol–water partition coefficient (Wildman–Crippen LogP) is 3.43. The smallest absolute Gasteiger partial charge is 0.264 e. The highest BCUT2D eigenvalue weighted by atomic mass is 19.1. The molecule has 0 saturated carbocycles. The number of aliphatic imine (C=N–C) groups is 1. The molecule has 2 unspecified atom stereocenters. The largest absolute Gasteiger partial charge is 0.455 e. The molecule has 154 valence electrons. The second-order valence-corrected chi connectivity index (χ2v) is 7.13. The van der Waals surface area contributed by atoms with E-state index in [2.05, 4.69) is 16.0 Å². The van der Waals surface area contributed by atoms with Crippen LogP contribution in [0.15, 0.2) is 90.1 Å². The molecule has 0 aliphatic carbocycles. The van der Waals surface area contributed by atoms with Crippen molar-refractivity contribution >= 4 is 23.1 Å². The molecule has 0 fully saturated rings. The minimum Gasteiger partial charge on any atom is -0.455 e. The van der Waals surface area contributed by atoms with Gasteiger partial charge in [-0.3, -0.25) is 9.79 Å². The summed E-state index contributed by atoms with van der Waals surface area (Å²) in [4.78, 5) is 17.6. The summed E-state index contributed by atoms with van der Waals surface area (Å²) in [5, 5.41) is 9.08. The molecule has 3 aromatic carbocycles. The molecule has 0 aromatic heterocycles. The molecule has 31 heavy (non-hydrogen) atoms. The summed E-state index contributed by atoms with van der Waals surface area (Å²) in [6.45, 7) is 0. The minimum absolute atomic E-state index is 0.293. The Balaban J connectivity index is 1.40. The number of anilines is 1. The third-order valence-electron chi connectivity index (χ3n) is 5.04. The second kappa shape index (κ2) is 8.04. The molecular weight excluding hydrogens is 395 g/mol. The van der Waals surface area contributed by atoms with Crippen LogP contribution in [-0.2, 0) is 9.53 Å². The first-order valence-corrected chi connectivity index (χ1v) is 9.86. The summed E-state index contributed by atoms with van der Waals surface area (Å²) in [6, 6.07) is 23.3. The lowest BCUT2D eigenvalue weighted by atomic mass is 10.0. The Kier molecular flexibility index (Phi) is 4.93.